The molecule has 0 spiro atoms. The maximum Gasteiger partial charge on any atom is 0.252 e. The molecule has 0 saturated heterocycles. The third-order valence-corrected chi connectivity index (χ3v) is 2.98. The van der Waals surface area contributed by atoms with Gasteiger partial charge >= 0.3 is 0 Å². The summed E-state index contributed by atoms with van der Waals surface area (Å²) in [5.41, 5.74) is 1.60. The number of carbonyl (C=O) groups is 1. The highest BCUT2D eigenvalue weighted by Gasteiger charge is 2.04. The smallest absolute Gasteiger partial charge is 0.252 e. The largest absolute Gasteiger partial charge is 0.276 e. The Bertz CT molecular complexity index is 312. The Kier molecular flexibility index (Phi) is 3.75. The third-order valence-electron chi connectivity index (χ3n) is 1.42. The summed E-state index contributed by atoms with van der Waals surface area (Å²) in [6.07, 6.45) is 0. The van der Waals surface area contributed by atoms with Gasteiger partial charge in [0.1, 0.15) is 0 Å². The number of benzene rings is 1. The summed E-state index contributed by atoms with van der Waals surface area (Å²) >= 11 is 12.0. The van der Waals surface area contributed by atoms with Gasteiger partial charge in [-0.15, -0.1) is 0 Å². The molecule has 0 unspecified atom stereocenters. The van der Waals surface area contributed by atoms with E-state index >= 15 is 0 Å². The normalized spacial score (nSPS) is 9.92. The van der Waals surface area contributed by atoms with Crippen LogP contribution in [0.3, 0.4) is 0 Å². The molecule has 0 saturated carbocycles. The monoisotopic (exact) mass is 310 g/mol. The summed E-state index contributed by atoms with van der Waals surface area (Å²) in [4.78, 5) is 10.7. The fourth-order valence-electron chi connectivity index (χ4n) is 0.778. The van der Waals surface area contributed by atoms with E-state index in [0.717, 1.165) is 15.4 Å². The molecule has 1 nitrogen and oxygen atoms in total. The molecule has 0 amide bonds. The maximum atomic E-state index is 10.7. The molecule has 0 aliphatic carbocycles. The molecule has 0 aliphatic heterocycles. The molecule has 12 heavy (non-hydrogen) atoms. The molecule has 0 aromatic heterocycles. The molecule has 64 valence electrons. The topological polar surface area (TPSA) is 17.1 Å². The van der Waals surface area contributed by atoms with E-state index in [1.165, 1.54) is 0 Å². The maximum absolute atomic E-state index is 10.7. The van der Waals surface area contributed by atoms with Gasteiger partial charge in [0, 0.05) is 15.4 Å². The Balaban J connectivity index is 3.10. The van der Waals surface area contributed by atoms with Crippen molar-refractivity contribution >= 4 is 48.7 Å². The first-order chi connectivity index (χ1) is 5.65. The highest BCUT2D eigenvalue weighted by molar-refractivity contribution is 9.10. The first-order valence-corrected chi connectivity index (χ1v) is 5.48. The first-order valence-electron chi connectivity index (χ1n) is 3.19. The van der Waals surface area contributed by atoms with Gasteiger partial charge in [-0.2, -0.15) is 0 Å². The molecule has 0 atom stereocenters. The summed E-state index contributed by atoms with van der Waals surface area (Å²) in [6, 6.07) is 5.27. The van der Waals surface area contributed by atoms with Crippen LogP contribution in [0.4, 0.5) is 0 Å². The van der Waals surface area contributed by atoms with Crippen molar-refractivity contribution in [2.75, 3.05) is 0 Å². The van der Waals surface area contributed by atoms with E-state index in [1.807, 2.05) is 6.07 Å². The summed E-state index contributed by atoms with van der Waals surface area (Å²) in [7, 11) is 0. The Hall–Kier alpha value is 0.140. The molecule has 0 heterocycles. The number of hydrogen-bond acceptors (Lipinski definition) is 1. The Morgan fingerprint density at radius 2 is 2.17 bits per heavy atom. The van der Waals surface area contributed by atoms with Crippen molar-refractivity contribution in [3.05, 3.63) is 33.8 Å². The minimum atomic E-state index is -0.433. The van der Waals surface area contributed by atoms with Crippen LogP contribution in [0.15, 0.2) is 22.7 Å². The van der Waals surface area contributed by atoms with Crippen LogP contribution in [0.1, 0.15) is 15.9 Å². The molecular weight excluding hydrogens is 307 g/mol. The van der Waals surface area contributed by atoms with Crippen LogP contribution in [0, 0.1) is 0 Å². The van der Waals surface area contributed by atoms with E-state index in [-0.39, 0.29) is 0 Å². The van der Waals surface area contributed by atoms with Gasteiger partial charge in [-0.05, 0) is 29.3 Å². The van der Waals surface area contributed by atoms with Crippen molar-refractivity contribution in [2.45, 2.75) is 5.33 Å². The van der Waals surface area contributed by atoms with Gasteiger partial charge in [0.15, 0.2) is 0 Å². The second-order valence-corrected chi connectivity index (χ2v) is 3.97. The summed E-state index contributed by atoms with van der Waals surface area (Å²) < 4.78 is 0.894. The second-order valence-electron chi connectivity index (χ2n) is 2.21. The summed E-state index contributed by atoms with van der Waals surface area (Å²) in [6.45, 7) is 0. The minimum absolute atomic E-state index is 0.433. The van der Waals surface area contributed by atoms with Crippen LogP contribution in [0.2, 0.25) is 0 Å². The summed E-state index contributed by atoms with van der Waals surface area (Å²) in [5, 5.41) is 0.321. The quantitative estimate of drug-likeness (QED) is 0.601. The Morgan fingerprint density at radius 3 is 2.58 bits per heavy atom. The Morgan fingerprint density at radius 1 is 1.50 bits per heavy atom. The van der Waals surface area contributed by atoms with Gasteiger partial charge in [-0.25, -0.2) is 0 Å². The SMILES string of the molecule is O=C(Cl)c1ccc(CBr)c(Br)c1. The number of hydrogen-bond donors (Lipinski definition) is 0. The first kappa shape index (κ1) is 10.2. The van der Waals surface area contributed by atoms with E-state index in [0.29, 0.717) is 5.56 Å². The van der Waals surface area contributed by atoms with Crippen molar-refractivity contribution in [3.63, 3.8) is 0 Å². The van der Waals surface area contributed by atoms with Gasteiger partial charge < -0.3 is 0 Å². The van der Waals surface area contributed by atoms with Gasteiger partial charge in [0.05, 0.1) is 0 Å². The van der Waals surface area contributed by atoms with Gasteiger partial charge in [0.25, 0.3) is 5.24 Å². The highest BCUT2D eigenvalue weighted by atomic mass is 79.9. The zero-order valence-electron chi connectivity index (χ0n) is 5.98. The molecule has 0 N–H and O–H groups in total. The second kappa shape index (κ2) is 4.40. The van der Waals surface area contributed by atoms with Crippen LogP contribution in [0.5, 0.6) is 0 Å². The van der Waals surface area contributed by atoms with Crippen molar-refractivity contribution in [1.82, 2.24) is 0 Å². The van der Waals surface area contributed by atoms with Crippen LogP contribution >= 0.6 is 43.5 Å². The highest BCUT2D eigenvalue weighted by Crippen LogP contribution is 2.21. The predicted molar refractivity (Wildman–Crippen MR) is 57.0 cm³/mol. The van der Waals surface area contributed by atoms with E-state index < -0.39 is 5.24 Å². The van der Waals surface area contributed by atoms with Gasteiger partial charge in [-0.3, -0.25) is 4.79 Å². The number of carbonyl (C=O) groups excluding carboxylic acids is 1. The predicted octanol–water partition coefficient (Wildman–Crippen LogP) is 3.72. The molecule has 1 aromatic rings. The minimum Gasteiger partial charge on any atom is -0.276 e. The molecule has 1 rings (SSSR count). The van der Waals surface area contributed by atoms with Crippen LogP contribution in [-0.2, 0) is 5.33 Å². The lowest BCUT2D eigenvalue weighted by molar-refractivity contribution is 0.108. The van der Waals surface area contributed by atoms with Crippen molar-refractivity contribution < 1.29 is 4.79 Å². The molecule has 0 fully saturated rings. The Labute approximate surface area is 92.4 Å². The van der Waals surface area contributed by atoms with Crippen LogP contribution < -0.4 is 0 Å². The lowest BCUT2D eigenvalue weighted by atomic mass is 10.2. The average Bonchev–Trinajstić information content (AvgIpc) is 2.04. The number of halogens is 3. The number of rotatable bonds is 2. The lowest BCUT2D eigenvalue weighted by Gasteiger charge is -2.00. The molecule has 0 radical (unpaired) electrons. The molecule has 0 aliphatic rings. The lowest BCUT2D eigenvalue weighted by Crippen LogP contribution is -1.90. The van der Waals surface area contributed by atoms with E-state index in [1.54, 1.807) is 12.1 Å². The zero-order chi connectivity index (χ0) is 9.14. The fourth-order valence-corrected chi connectivity index (χ4v) is 2.28. The van der Waals surface area contributed by atoms with Crippen LogP contribution in [0.25, 0.3) is 0 Å². The molecule has 1 aromatic carbocycles. The zero-order valence-corrected chi connectivity index (χ0v) is 9.91. The third kappa shape index (κ3) is 2.31. The van der Waals surface area contributed by atoms with Gasteiger partial charge in [-0.1, -0.05) is 37.9 Å². The van der Waals surface area contributed by atoms with E-state index in [2.05, 4.69) is 31.9 Å². The molecule has 4 heteroatoms. The van der Waals surface area contributed by atoms with Crippen molar-refractivity contribution in [3.8, 4) is 0 Å². The van der Waals surface area contributed by atoms with E-state index in [9.17, 15) is 4.79 Å². The van der Waals surface area contributed by atoms with E-state index in [4.69, 9.17) is 11.6 Å². The van der Waals surface area contributed by atoms with Crippen molar-refractivity contribution in [1.29, 1.82) is 0 Å². The standard InChI is InChI=1S/C8H5Br2ClO/c9-4-6-2-1-5(8(11)12)3-7(6)10/h1-3H,4H2. The fraction of sp³-hybridized carbons (Fsp3) is 0.125. The van der Waals surface area contributed by atoms with Gasteiger partial charge in [0.2, 0.25) is 0 Å². The molecule has 0 bridgehead atoms. The number of alkyl halides is 1. The van der Waals surface area contributed by atoms with Crippen molar-refractivity contribution in [2.24, 2.45) is 0 Å². The summed E-state index contributed by atoms with van der Waals surface area (Å²) in [5.74, 6) is 0. The molecular formula is C8H5Br2ClO. The van der Waals surface area contributed by atoms with Crippen LogP contribution in [-0.4, -0.2) is 5.24 Å². The average molecular weight is 312 g/mol.